The molecule has 0 spiro atoms. The Morgan fingerprint density at radius 3 is 2.94 bits per heavy atom. The lowest BCUT2D eigenvalue weighted by atomic mass is 10.1. The number of aromatic amines is 1. The van der Waals surface area contributed by atoms with Crippen LogP contribution in [-0.2, 0) is 6.42 Å². The van der Waals surface area contributed by atoms with Crippen molar-refractivity contribution in [2.24, 2.45) is 0 Å². The van der Waals surface area contributed by atoms with Crippen LogP contribution in [0.4, 0.5) is 5.95 Å². The molecule has 5 aromatic heterocycles. The van der Waals surface area contributed by atoms with Gasteiger partial charge in [-0.15, -0.1) is 11.3 Å². The summed E-state index contributed by atoms with van der Waals surface area (Å²) < 4.78 is 8.66. The van der Waals surface area contributed by atoms with Gasteiger partial charge in [-0.1, -0.05) is 6.92 Å². The molecule has 0 aromatic carbocycles. The number of aromatic nitrogens is 6. The maximum atomic E-state index is 5.60. The van der Waals surface area contributed by atoms with Gasteiger partial charge >= 0.3 is 0 Å². The van der Waals surface area contributed by atoms with E-state index in [1.165, 1.54) is 10.3 Å². The van der Waals surface area contributed by atoms with Crippen LogP contribution in [0.3, 0.4) is 0 Å². The topological polar surface area (TPSA) is 100 Å². The van der Waals surface area contributed by atoms with Crippen LogP contribution in [0.2, 0.25) is 0 Å². The first-order valence-electron chi connectivity index (χ1n) is 10.5. The van der Waals surface area contributed by atoms with E-state index in [0.717, 1.165) is 65.5 Å². The van der Waals surface area contributed by atoms with Crippen molar-refractivity contribution in [1.82, 2.24) is 35.0 Å². The monoisotopic (exact) mass is 434 g/mol. The van der Waals surface area contributed by atoms with Gasteiger partial charge in [0.15, 0.2) is 5.65 Å². The number of fused-ring (bicyclic) bond motifs is 2. The zero-order valence-electron chi connectivity index (χ0n) is 17.3. The van der Waals surface area contributed by atoms with Crippen molar-refractivity contribution in [2.45, 2.75) is 20.3 Å². The zero-order chi connectivity index (χ0) is 20.9. The maximum Gasteiger partial charge on any atom is 0.269 e. The smallest absolute Gasteiger partial charge is 0.269 e. The van der Waals surface area contributed by atoms with Crippen LogP contribution in [0.25, 0.3) is 37.9 Å². The molecule has 1 aliphatic rings. The summed E-state index contributed by atoms with van der Waals surface area (Å²) >= 11 is 1.69. The standard InChI is InChI=1S/C21H22N8OS/c1-3-14-17(13-8-12(2)19-23-11-24-29(19)10-13)25-15-9-16(31-18(14)15)20-26-21(27-30-20)28-6-4-22-5-7-28/h8-11,22,25H,3-7H2,1-2H3. The Morgan fingerprint density at radius 1 is 1.23 bits per heavy atom. The van der Waals surface area contributed by atoms with E-state index in [0.29, 0.717) is 11.8 Å². The van der Waals surface area contributed by atoms with Gasteiger partial charge in [0.25, 0.3) is 11.8 Å². The van der Waals surface area contributed by atoms with Crippen LogP contribution in [0.15, 0.2) is 29.2 Å². The second kappa shape index (κ2) is 7.17. The molecule has 1 saturated heterocycles. The Morgan fingerprint density at radius 2 is 2.10 bits per heavy atom. The fourth-order valence-corrected chi connectivity index (χ4v) is 5.42. The van der Waals surface area contributed by atoms with E-state index in [1.807, 2.05) is 10.7 Å². The predicted octanol–water partition coefficient (Wildman–Crippen LogP) is 3.27. The first-order chi connectivity index (χ1) is 15.2. The summed E-state index contributed by atoms with van der Waals surface area (Å²) in [6.07, 6.45) is 4.54. The molecule has 0 aliphatic carbocycles. The predicted molar refractivity (Wildman–Crippen MR) is 121 cm³/mol. The highest BCUT2D eigenvalue weighted by Gasteiger charge is 2.21. The van der Waals surface area contributed by atoms with Crippen LogP contribution in [0, 0.1) is 6.92 Å². The summed E-state index contributed by atoms with van der Waals surface area (Å²) in [5, 5.41) is 11.9. The van der Waals surface area contributed by atoms with Crippen LogP contribution in [-0.4, -0.2) is 55.9 Å². The molecule has 1 fully saturated rings. The second-order valence-corrected chi connectivity index (χ2v) is 8.81. The molecule has 6 rings (SSSR count). The molecule has 0 saturated carbocycles. The molecule has 5 aromatic rings. The second-order valence-electron chi connectivity index (χ2n) is 7.76. The van der Waals surface area contributed by atoms with E-state index in [-0.39, 0.29) is 0 Å². The van der Waals surface area contributed by atoms with E-state index in [2.05, 4.69) is 61.4 Å². The number of thiophene rings is 1. The Bertz CT molecular complexity index is 1390. The van der Waals surface area contributed by atoms with Crippen LogP contribution >= 0.6 is 11.3 Å². The highest BCUT2D eigenvalue weighted by molar-refractivity contribution is 7.22. The summed E-state index contributed by atoms with van der Waals surface area (Å²) in [6, 6.07) is 4.27. The van der Waals surface area contributed by atoms with E-state index >= 15 is 0 Å². The molecule has 0 atom stereocenters. The molecule has 0 unspecified atom stereocenters. The number of piperazine rings is 1. The molecule has 0 amide bonds. The average Bonchev–Trinajstić information content (AvgIpc) is 3.56. The molecule has 158 valence electrons. The number of H-pyrrole nitrogens is 1. The largest absolute Gasteiger partial charge is 0.354 e. The van der Waals surface area contributed by atoms with Crippen molar-refractivity contribution in [2.75, 3.05) is 31.1 Å². The first-order valence-corrected chi connectivity index (χ1v) is 11.3. The van der Waals surface area contributed by atoms with Gasteiger partial charge in [0.1, 0.15) is 6.33 Å². The quantitative estimate of drug-likeness (QED) is 0.448. The fourth-order valence-electron chi connectivity index (χ4n) is 4.26. The number of anilines is 1. The lowest BCUT2D eigenvalue weighted by molar-refractivity contribution is 0.428. The van der Waals surface area contributed by atoms with Crippen molar-refractivity contribution < 1.29 is 4.52 Å². The van der Waals surface area contributed by atoms with Crippen LogP contribution in [0.1, 0.15) is 18.1 Å². The normalized spacial score (nSPS) is 14.8. The van der Waals surface area contributed by atoms with Gasteiger partial charge in [0.2, 0.25) is 0 Å². The minimum atomic E-state index is 0.576. The number of rotatable bonds is 4. The van der Waals surface area contributed by atoms with Crippen LogP contribution in [0.5, 0.6) is 0 Å². The van der Waals surface area contributed by atoms with Crippen molar-refractivity contribution in [3.05, 3.63) is 35.8 Å². The number of aryl methyl sites for hydroxylation is 2. The van der Waals surface area contributed by atoms with Gasteiger partial charge in [0, 0.05) is 37.9 Å². The Balaban J connectivity index is 1.39. The molecule has 6 heterocycles. The molecule has 9 nitrogen and oxygen atoms in total. The third kappa shape index (κ3) is 3.02. The summed E-state index contributed by atoms with van der Waals surface area (Å²) in [6.45, 7) is 7.91. The zero-order valence-corrected chi connectivity index (χ0v) is 18.2. The van der Waals surface area contributed by atoms with Crippen molar-refractivity contribution in [3.63, 3.8) is 0 Å². The van der Waals surface area contributed by atoms with E-state index in [9.17, 15) is 0 Å². The number of nitrogens with one attached hydrogen (secondary N) is 2. The van der Waals surface area contributed by atoms with Crippen molar-refractivity contribution in [1.29, 1.82) is 0 Å². The van der Waals surface area contributed by atoms with Crippen molar-refractivity contribution in [3.8, 4) is 22.0 Å². The highest BCUT2D eigenvalue weighted by Crippen LogP contribution is 2.40. The minimum absolute atomic E-state index is 0.576. The van der Waals surface area contributed by atoms with Crippen molar-refractivity contribution >= 4 is 33.1 Å². The summed E-state index contributed by atoms with van der Waals surface area (Å²) in [7, 11) is 0. The molecular formula is C21H22N8OS. The van der Waals surface area contributed by atoms with Gasteiger partial charge in [0.05, 0.1) is 20.8 Å². The lowest BCUT2D eigenvalue weighted by Gasteiger charge is -2.25. The SMILES string of the molecule is CCc1c(-c2cc(C)c3ncnn3c2)[nH]c2cc(-c3nc(N4CCNCC4)no3)sc12. The number of pyridine rings is 1. The third-order valence-corrected chi connectivity index (χ3v) is 6.98. The van der Waals surface area contributed by atoms with E-state index in [1.54, 1.807) is 17.7 Å². The highest BCUT2D eigenvalue weighted by atomic mass is 32.1. The van der Waals surface area contributed by atoms with E-state index < -0.39 is 0 Å². The number of nitrogens with zero attached hydrogens (tertiary/aromatic N) is 6. The van der Waals surface area contributed by atoms with Gasteiger partial charge < -0.3 is 19.7 Å². The molecular weight excluding hydrogens is 412 g/mol. The molecule has 10 heteroatoms. The molecule has 31 heavy (non-hydrogen) atoms. The Kier molecular flexibility index (Phi) is 4.29. The van der Waals surface area contributed by atoms with Crippen LogP contribution < -0.4 is 10.2 Å². The van der Waals surface area contributed by atoms with E-state index in [4.69, 9.17) is 4.52 Å². The third-order valence-electron chi connectivity index (χ3n) is 5.79. The minimum Gasteiger partial charge on any atom is -0.354 e. The first kappa shape index (κ1) is 18.5. The summed E-state index contributed by atoms with van der Waals surface area (Å²) in [5.41, 5.74) is 6.59. The molecule has 0 bridgehead atoms. The van der Waals surface area contributed by atoms with Gasteiger partial charge in [-0.05, 0) is 41.8 Å². The lowest BCUT2D eigenvalue weighted by Crippen LogP contribution is -2.44. The molecule has 2 N–H and O–H groups in total. The Labute approximate surface area is 182 Å². The summed E-state index contributed by atoms with van der Waals surface area (Å²) in [4.78, 5) is 15.7. The molecule has 1 aliphatic heterocycles. The van der Waals surface area contributed by atoms with Gasteiger partial charge in [-0.2, -0.15) is 10.1 Å². The van der Waals surface area contributed by atoms with Gasteiger partial charge in [-0.25, -0.2) is 9.50 Å². The van der Waals surface area contributed by atoms with Gasteiger partial charge in [-0.3, -0.25) is 0 Å². The Hall–Kier alpha value is -3.24. The average molecular weight is 435 g/mol. The summed E-state index contributed by atoms with van der Waals surface area (Å²) in [5.74, 6) is 1.24. The fraction of sp³-hybridized carbons (Fsp3) is 0.333. The number of hydrogen-bond acceptors (Lipinski definition) is 8. The number of hydrogen-bond donors (Lipinski definition) is 2. The maximum absolute atomic E-state index is 5.60. The molecule has 0 radical (unpaired) electrons.